The zero-order valence-electron chi connectivity index (χ0n) is 21.3. The fraction of sp³-hybridized carbons (Fsp3) is 0.478. The summed E-state index contributed by atoms with van der Waals surface area (Å²) in [6.45, 7) is 4.21. The zero-order chi connectivity index (χ0) is 27.6. The lowest BCUT2D eigenvalue weighted by atomic mass is 10.2. The second-order valence-electron chi connectivity index (χ2n) is 7.52. The third kappa shape index (κ3) is 13.0. The van der Waals surface area contributed by atoms with Crippen LogP contribution in [0.1, 0.15) is 27.6 Å². The number of nitrogens with one attached hydrogen (secondary N) is 1. The third-order valence-corrected chi connectivity index (χ3v) is 4.32. The maximum Gasteiger partial charge on any atom is 0.171 e. The average Bonchev–Trinajstić information content (AvgIpc) is 2.89. The van der Waals surface area contributed by atoms with Gasteiger partial charge in [0.2, 0.25) is 0 Å². The van der Waals surface area contributed by atoms with E-state index in [1.165, 1.54) is 19.2 Å². The molecule has 1 aromatic carbocycles. The smallest absolute Gasteiger partial charge is 0.171 e. The highest BCUT2D eigenvalue weighted by Gasteiger charge is 2.11. The first-order valence-corrected chi connectivity index (χ1v) is 11.3. The molecule has 1 unspecified atom stereocenters. The Morgan fingerprint density at radius 2 is 2.11 bits per heavy atom. The van der Waals surface area contributed by atoms with Crippen LogP contribution in [0.15, 0.2) is 29.4 Å². The van der Waals surface area contributed by atoms with Crippen LogP contribution in [-0.2, 0) is 16.0 Å². The molecule has 0 amide bonds. The molecule has 1 saturated heterocycles. The number of aromatic nitrogens is 2. The molecule has 1 aliphatic rings. The van der Waals surface area contributed by atoms with Gasteiger partial charge in [-0.3, -0.25) is 4.79 Å². The number of hydrazone groups is 1. The van der Waals surface area contributed by atoms with Crippen molar-refractivity contribution in [1.82, 2.24) is 20.4 Å². The second-order valence-corrected chi connectivity index (χ2v) is 7.52. The van der Waals surface area contributed by atoms with Crippen LogP contribution in [0.25, 0.3) is 0 Å². The number of aliphatic hydroxyl groups is 2. The summed E-state index contributed by atoms with van der Waals surface area (Å²) >= 11 is 0. The molecule has 1 fully saturated rings. The minimum absolute atomic E-state index is 0.0694. The molecule has 1 atom stereocenters. The molecule has 0 radical (unpaired) electrons. The van der Waals surface area contributed by atoms with Crippen molar-refractivity contribution < 1.29 is 33.6 Å². The summed E-state index contributed by atoms with van der Waals surface area (Å²) in [4.78, 5) is 18.5. The van der Waals surface area contributed by atoms with E-state index < -0.39 is 5.82 Å². The molecule has 14 heteroatoms. The number of rotatable bonds is 9. The molecule has 2 aromatic rings. The number of amidine groups is 1. The molecule has 2 heterocycles. The number of aryl methyl sites for hydroxylation is 1. The molecule has 37 heavy (non-hydrogen) atoms. The number of carbonyl (C=O) groups excluding carboxylic acids is 1. The minimum atomic E-state index is -0.404. The Hall–Kier alpha value is -3.27. The van der Waals surface area contributed by atoms with Crippen molar-refractivity contribution in [2.45, 2.75) is 19.6 Å². The number of carbonyl (C=O) groups is 1. The lowest BCUT2D eigenvalue weighted by Gasteiger charge is -2.20. The summed E-state index contributed by atoms with van der Waals surface area (Å²) in [5.74, 6) is 5.66. The summed E-state index contributed by atoms with van der Waals surface area (Å²) in [5, 5.41) is 24.8. The van der Waals surface area contributed by atoms with E-state index in [0.29, 0.717) is 44.2 Å². The van der Waals surface area contributed by atoms with Crippen molar-refractivity contribution >= 4 is 12.1 Å². The topological polar surface area (TPSA) is 191 Å². The number of hydrogen-bond donors (Lipinski definition) is 5. The van der Waals surface area contributed by atoms with E-state index in [4.69, 9.17) is 36.0 Å². The summed E-state index contributed by atoms with van der Waals surface area (Å²) in [7, 11) is 3.35. The normalized spacial score (nSPS) is 15.0. The van der Waals surface area contributed by atoms with Gasteiger partial charge >= 0.3 is 0 Å². The molecule has 0 spiro atoms. The fourth-order valence-corrected chi connectivity index (χ4v) is 2.77. The number of hydrazine groups is 1. The number of ether oxygens (including phenoxy) is 3. The number of halogens is 1. The van der Waals surface area contributed by atoms with Gasteiger partial charge in [-0.1, -0.05) is 6.07 Å². The van der Waals surface area contributed by atoms with Gasteiger partial charge in [0.1, 0.15) is 29.9 Å². The Balaban J connectivity index is 0.000000290. The molecule has 13 nitrogen and oxygen atoms in total. The van der Waals surface area contributed by atoms with Crippen molar-refractivity contribution in [1.29, 1.82) is 0 Å². The number of hydrogen-bond acceptors (Lipinski definition) is 12. The summed E-state index contributed by atoms with van der Waals surface area (Å²) in [6, 6.07) is 6.13. The summed E-state index contributed by atoms with van der Waals surface area (Å²) in [5.41, 5.74) is 7.19. The van der Waals surface area contributed by atoms with Crippen molar-refractivity contribution in [3.63, 3.8) is 0 Å². The van der Waals surface area contributed by atoms with Crippen LogP contribution in [0, 0.1) is 12.7 Å². The van der Waals surface area contributed by atoms with Gasteiger partial charge in [0.15, 0.2) is 23.7 Å². The molecule has 0 saturated carbocycles. The molecule has 1 aliphatic heterocycles. The average molecular weight is 526 g/mol. The Kier molecular flexibility index (Phi) is 15.5. The van der Waals surface area contributed by atoms with Crippen LogP contribution in [-0.4, -0.2) is 97.3 Å². The van der Waals surface area contributed by atoms with E-state index >= 15 is 0 Å². The predicted octanol–water partition coefficient (Wildman–Crippen LogP) is -0.666. The minimum Gasteiger partial charge on any atom is -0.488 e. The summed E-state index contributed by atoms with van der Waals surface area (Å²) in [6.07, 6.45) is 0.543. The Morgan fingerprint density at radius 1 is 1.35 bits per heavy atom. The lowest BCUT2D eigenvalue weighted by Crippen LogP contribution is -2.31. The lowest BCUT2D eigenvalue weighted by molar-refractivity contribution is -0.105. The summed E-state index contributed by atoms with van der Waals surface area (Å²) < 4.78 is 28.2. The van der Waals surface area contributed by atoms with Gasteiger partial charge in [-0.25, -0.2) is 25.3 Å². The molecule has 0 bridgehead atoms. The molecular formula is C23H36FN7O6. The van der Waals surface area contributed by atoms with E-state index in [0.717, 1.165) is 10.7 Å². The molecule has 7 N–H and O–H groups in total. The number of benzene rings is 1. The van der Waals surface area contributed by atoms with E-state index in [1.807, 2.05) is 7.05 Å². The maximum atomic E-state index is 13.1. The number of aliphatic hydroxyl groups excluding tert-OH is 2. The number of nitrogens with two attached hydrogens (primary N) is 2. The quantitative estimate of drug-likeness (QED) is 0.0914. The van der Waals surface area contributed by atoms with Crippen LogP contribution in [0.4, 0.5) is 4.39 Å². The van der Waals surface area contributed by atoms with Gasteiger partial charge in [-0.15, -0.1) is 5.10 Å². The van der Waals surface area contributed by atoms with E-state index in [1.54, 1.807) is 19.1 Å². The Morgan fingerprint density at radius 3 is 2.65 bits per heavy atom. The molecule has 206 valence electrons. The van der Waals surface area contributed by atoms with E-state index in [9.17, 15) is 9.18 Å². The van der Waals surface area contributed by atoms with Crippen LogP contribution in [0.3, 0.4) is 0 Å². The van der Waals surface area contributed by atoms with Gasteiger partial charge in [0, 0.05) is 13.6 Å². The molecule has 0 aliphatic carbocycles. The Bertz CT molecular complexity index is 975. The van der Waals surface area contributed by atoms with Crippen molar-refractivity contribution in [3.05, 3.63) is 52.9 Å². The van der Waals surface area contributed by atoms with Crippen LogP contribution in [0.5, 0.6) is 5.75 Å². The first kappa shape index (κ1) is 31.8. The standard InChI is InChI=1S/C10H14FNO2.C8H12N6O.C5H10O3/c1-12-7-8-2-3-9(11)10(6-8)14-5-4-13;1-5-11-6(4-15)3-7(12-5)8(9)13-14(2)10;6-3-5-4-7-1-2-8-5/h2-3,6,12-13H,4-5,7H2,1H3;3-4H,10H2,1-2H3,(H2,9,13);5-6H,1-4H2. The molecule has 1 aromatic heterocycles. The van der Waals surface area contributed by atoms with Crippen LogP contribution in [0.2, 0.25) is 0 Å². The second kappa shape index (κ2) is 18.0. The largest absolute Gasteiger partial charge is 0.488 e. The zero-order valence-corrected chi connectivity index (χ0v) is 21.3. The first-order valence-electron chi connectivity index (χ1n) is 11.3. The van der Waals surface area contributed by atoms with Crippen LogP contribution >= 0.6 is 0 Å². The Labute approximate surface area is 215 Å². The van der Waals surface area contributed by atoms with E-state index in [-0.39, 0.29) is 43.2 Å². The highest BCUT2D eigenvalue weighted by Crippen LogP contribution is 2.18. The highest BCUT2D eigenvalue weighted by atomic mass is 19.1. The van der Waals surface area contributed by atoms with Gasteiger partial charge in [0.05, 0.1) is 33.0 Å². The predicted molar refractivity (Wildman–Crippen MR) is 134 cm³/mol. The highest BCUT2D eigenvalue weighted by molar-refractivity contribution is 5.96. The monoisotopic (exact) mass is 525 g/mol. The molecular weight excluding hydrogens is 489 g/mol. The number of nitrogens with zero attached hydrogens (tertiary/aromatic N) is 4. The number of aldehydes is 1. The van der Waals surface area contributed by atoms with Crippen molar-refractivity contribution in [2.24, 2.45) is 16.7 Å². The third-order valence-electron chi connectivity index (χ3n) is 4.32. The van der Waals surface area contributed by atoms with Gasteiger partial charge in [-0.05, 0) is 37.7 Å². The van der Waals surface area contributed by atoms with E-state index in [2.05, 4.69) is 20.4 Å². The van der Waals surface area contributed by atoms with Gasteiger partial charge in [0.25, 0.3) is 0 Å². The molecule has 3 rings (SSSR count). The fourth-order valence-electron chi connectivity index (χ4n) is 2.77. The van der Waals surface area contributed by atoms with Crippen molar-refractivity contribution in [3.8, 4) is 5.75 Å². The van der Waals surface area contributed by atoms with Gasteiger partial charge < -0.3 is 35.5 Å². The SMILES string of the molecule is CNCc1ccc(F)c(OCCO)c1.Cc1nc(C=O)cc(/C(N)=N/N(C)N)n1.OCC1COCCO1. The van der Waals surface area contributed by atoms with Crippen molar-refractivity contribution in [2.75, 3.05) is 53.7 Å². The maximum absolute atomic E-state index is 13.1. The first-order chi connectivity index (χ1) is 17.7. The van der Waals surface area contributed by atoms with Gasteiger partial charge in [-0.2, -0.15) is 0 Å². The van der Waals surface area contributed by atoms with Crippen LogP contribution < -0.4 is 21.6 Å².